The van der Waals surface area contributed by atoms with Gasteiger partial charge in [-0.05, 0) is 12.1 Å². The molecule has 3 aromatic rings. The Bertz CT molecular complexity index is 1300. The van der Waals surface area contributed by atoms with Crippen LogP contribution in [0.15, 0.2) is 66.7 Å². The molecule has 39 heavy (non-hydrogen) atoms. The van der Waals surface area contributed by atoms with Gasteiger partial charge in [-0.25, -0.2) is 14.6 Å². The predicted molar refractivity (Wildman–Crippen MR) is 145 cm³/mol. The summed E-state index contributed by atoms with van der Waals surface area (Å²) in [6, 6.07) is 17.6. The van der Waals surface area contributed by atoms with Gasteiger partial charge in [-0.3, -0.25) is 19.4 Å². The number of hydrogen-bond donors (Lipinski definition) is 3. The van der Waals surface area contributed by atoms with E-state index in [9.17, 15) is 19.2 Å². The van der Waals surface area contributed by atoms with Crippen molar-refractivity contribution in [1.82, 2.24) is 24.7 Å². The van der Waals surface area contributed by atoms with Crippen LogP contribution in [0.1, 0.15) is 22.6 Å². The highest BCUT2D eigenvalue weighted by atomic mass is 16.4. The van der Waals surface area contributed by atoms with Crippen LogP contribution >= 0.6 is 0 Å². The lowest BCUT2D eigenvalue weighted by Crippen LogP contribution is -2.49. The molecule has 1 saturated heterocycles. The molecule has 2 aromatic carbocycles. The number of piperazine rings is 1. The molecule has 0 atom stereocenters. The van der Waals surface area contributed by atoms with Crippen LogP contribution in [0.3, 0.4) is 0 Å². The number of carbonyl (C=O) groups excluding carboxylic acids is 2. The Kier molecular flexibility index (Phi) is 10.9. The van der Waals surface area contributed by atoms with E-state index in [0.29, 0.717) is 31.7 Å². The van der Waals surface area contributed by atoms with Crippen LogP contribution in [-0.2, 0) is 27.5 Å². The number of para-hydroxylation sites is 2. The largest absolute Gasteiger partial charge is 0.478 e. The quantitative estimate of drug-likeness (QED) is 0.262. The third kappa shape index (κ3) is 9.16. The Morgan fingerprint density at radius 2 is 1.46 bits per heavy atom. The van der Waals surface area contributed by atoms with E-state index in [-0.39, 0.29) is 11.7 Å². The summed E-state index contributed by atoms with van der Waals surface area (Å²) in [5.41, 5.74) is 2.78. The lowest BCUT2D eigenvalue weighted by atomic mass is 10.1. The minimum Gasteiger partial charge on any atom is -0.478 e. The molecule has 1 aliphatic heterocycles. The first-order valence-corrected chi connectivity index (χ1v) is 12.6. The Hall–Kier alpha value is -4.35. The number of Topliss-reactive ketones (excluding diaryl/α,β-unsaturated/α-hetero) is 1. The van der Waals surface area contributed by atoms with E-state index >= 15 is 0 Å². The van der Waals surface area contributed by atoms with Crippen LogP contribution in [0.4, 0.5) is 0 Å². The van der Waals surface area contributed by atoms with Crippen LogP contribution in [0.25, 0.3) is 11.0 Å². The van der Waals surface area contributed by atoms with Crippen molar-refractivity contribution in [3.05, 3.63) is 78.1 Å². The summed E-state index contributed by atoms with van der Waals surface area (Å²) in [7, 11) is 1.67. The Labute approximate surface area is 226 Å². The second-order valence-corrected chi connectivity index (χ2v) is 8.94. The average Bonchev–Trinajstić information content (AvgIpc) is 3.29. The molecule has 0 bridgehead atoms. The van der Waals surface area contributed by atoms with Crippen molar-refractivity contribution in [2.24, 2.45) is 0 Å². The fraction of sp³-hybridized carbons (Fsp3) is 0.321. The zero-order valence-electron chi connectivity index (χ0n) is 21.8. The van der Waals surface area contributed by atoms with Crippen molar-refractivity contribution >= 4 is 34.7 Å². The number of carbonyl (C=O) groups is 4. The first kappa shape index (κ1) is 29.2. The second-order valence-electron chi connectivity index (χ2n) is 8.94. The molecule has 4 rings (SSSR count). The van der Waals surface area contributed by atoms with Gasteiger partial charge in [0, 0.05) is 63.9 Å². The number of likely N-dealkylation sites (N-methyl/N-ethyl adjacent to an activating group) is 1. The highest BCUT2D eigenvalue weighted by molar-refractivity contribution is 5.96. The number of aryl methyl sites for hydroxylation is 1. The lowest BCUT2D eigenvalue weighted by molar-refractivity contribution is -0.134. The summed E-state index contributed by atoms with van der Waals surface area (Å²) in [4.78, 5) is 52.8. The lowest BCUT2D eigenvalue weighted by Gasteiger charge is -2.34. The number of nitrogens with one attached hydrogen (secondary N) is 1. The number of ketones is 1. The number of carboxylic acids is 2. The van der Waals surface area contributed by atoms with E-state index in [1.807, 2.05) is 48.5 Å². The number of benzene rings is 2. The van der Waals surface area contributed by atoms with Gasteiger partial charge in [0.05, 0.1) is 24.1 Å². The van der Waals surface area contributed by atoms with Gasteiger partial charge in [0.15, 0.2) is 5.78 Å². The Morgan fingerprint density at radius 3 is 2.08 bits per heavy atom. The van der Waals surface area contributed by atoms with Crippen molar-refractivity contribution in [3.8, 4) is 0 Å². The molecular weight excluding hydrogens is 502 g/mol. The van der Waals surface area contributed by atoms with Gasteiger partial charge in [0.1, 0.15) is 5.82 Å². The number of imidazole rings is 1. The molecule has 1 aromatic heterocycles. The molecule has 1 amide bonds. The molecule has 0 radical (unpaired) electrons. The van der Waals surface area contributed by atoms with Crippen molar-refractivity contribution < 1.29 is 29.4 Å². The van der Waals surface area contributed by atoms with Crippen LogP contribution in [0.5, 0.6) is 0 Å². The fourth-order valence-corrected chi connectivity index (χ4v) is 4.21. The number of carboxylic acid groups (broad SMARTS) is 2. The molecule has 206 valence electrons. The summed E-state index contributed by atoms with van der Waals surface area (Å²) >= 11 is 0. The zero-order valence-corrected chi connectivity index (χ0v) is 21.8. The maximum Gasteiger partial charge on any atom is 0.328 e. The first-order chi connectivity index (χ1) is 18.8. The van der Waals surface area contributed by atoms with Gasteiger partial charge in [0.25, 0.3) is 0 Å². The average molecular weight is 536 g/mol. The predicted octanol–water partition coefficient (Wildman–Crippen LogP) is 1.88. The van der Waals surface area contributed by atoms with Crippen molar-refractivity contribution in [1.29, 1.82) is 0 Å². The summed E-state index contributed by atoms with van der Waals surface area (Å²) in [5.74, 6) is -1.33. The maximum absolute atomic E-state index is 12.6. The van der Waals surface area contributed by atoms with Gasteiger partial charge in [0.2, 0.25) is 5.91 Å². The Morgan fingerprint density at radius 1 is 0.872 bits per heavy atom. The minimum absolute atomic E-state index is 0.0540. The third-order valence-corrected chi connectivity index (χ3v) is 6.24. The topological polar surface area (TPSA) is 145 Å². The number of rotatable bonds is 10. The van der Waals surface area contributed by atoms with E-state index in [0.717, 1.165) is 55.1 Å². The maximum atomic E-state index is 12.6. The molecule has 0 aliphatic carbocycles. The molecule has 3 N–H and O–H groups in total. The molecule has 11 nitrogen and oxygen atoms in total. The van der Waals surface area contributed by atoms with E-state index in [1.54, 1.807) is 7.05 Å². The third-order valence-electron chi connectivity index (χ3n) is 6.24. The van der Waals surface area contributed by atoms with E-state index in [2.05, 4.69) is 25.8 Å². The highest BCUT2D eigenvalue weighted by Crippen LogP contribution is 2.19. The molecule has 1 fully saturated rings. The standard InChI is InChI=1S/C24H29N5O2.C4H4O4/c1-25-24(31)18-28-15-13-27(14-16-28)17-23-26-20-9-5-6-10-21(20)29(23)12-11-22(30)19-7-3-2-4-8-19;5-3(6)1-2-4(7)8/h2-10H,11-18H2,1H3,(H,25,31);1-2H,(H,5,6)(H,7,8). The minimum atomic E-state index is -1.26. The monoisotopic (exact) mass is 535 g/mol. The summed E-state index contributed by atoms with van der Waals surface area (Å²) < 4.78 is 2.19. The molecule has 2 heterocycles. The fourth-order valence-electron chi connectivity index (χ4n) is 4.21. The number of nitrogens with zero attached hydrogens (tertiary/aromatic N) is 4. The van der Waals surface area contributed by atoms with Gasteiger partial charge >= 0.3 is 11.9 Å². The molecule has 0 unspecified atom stereocenters. The van der Waals surface area contributed by atoms with Crippen LogP contribution in [0, 0.1) is 0 Å². The number of amides is 1. The molecule has 11 heteroatoms. The smallest absolute Gasteiger partial charge is 0.328 e. The summed E-state index contributed by atoms with van der Waals surface area (Å²) in [6.45, 7) is 5.30. The highest BCUT2D eigenvalue weighted by Gasteiger charge is 2.21. The van der Waals surface area contributed by atoms with Crippen molar-refractivity contribution in [2.75, 3.05) is 39.8 Å². The van der Waals surface area contributed by atoms with Crippen molar-refractivity contribution in [2.45, 2.75) is 19.5 Å². The molecule has 0 spiro atoms. The molecule has 1 aliphatic rings. The van der Waals surface area contributed by atoms with Gasteiger partial charge < -0.3 is 20.1 Å². The second kappa shape index (κ2) is 14.6. The van der Waals surface area contributed by atoms with Crippen LogP contribution in [-0.4, -0.2) is 93.0 Å². The SMILES string of the molecule is CNC(=O)CN1CCN(Cc2nc3ccccc3n2CCC(=O)c2ccccc2)CC1.O=C(O)C=CC(=O)O. The first-order valence-electron chi connectivity index (χ1n) is 12.6. The number of aromatic nitrogens is 2. The van der Waals surface area contributed by atoms with Gasteiger partial charge in [-0.2, -0.15) is 0 Å². The Balaban J connectivity index is 0.000000459. The summed E-state index contributed by atoms with van der Waals surface area (Å²) in [6.07, 6.45) is 1.56. The van der Waals surface area contributed by atoms with Gasteiger partial charge in [-0.15, -0.1) is 0 Å². The van der Waals surface area contributed by atoms with Crippen LogP contribution < -0.4 is 5.32 Å². The summed E-state index contributed by atoms with van der Waals surface area (Å²) in [5, 5.41) is 18.3. The normalized spacial score (nSPS) is 14.1. The van der Waals surface area contributed by atoms with E-state index in [1.165, 1.54) is 0 Å². The van der Waals surface area contributed by atoms with Gasteiger partial charge in [-0.1, -0.05) is 42.5 Å². The number of fused-ring (bicyclic) bond motifs is 1. The van der Waals surface area contributed by atoms with E-state index < -0.39 is 11.9 Å². The number of hydrogen-bond acceptors (Lipinski definition) is 7. The molecular formula is C28H33N5O6. The zero-order chi connectivity index (χ0) is 28.2. The van der Waals surface area contributed by atoms with Crippen molar-refractivity contribution in [3.63, 3.8) is 0 Å². The molecule has 0 saturated carbocycles. The van der Waals surface area contributed by atoms with Crippen LogP contribution in [0.2, 0.25) is 0 Å². The van der Waals surface area contributed by atoms with E-state index in [4.69, 9.17) is 15.2 Å². The number of aliphatic carboxylic acids is 2.